The number of pyridine rings is 2. The maximum Gasteiger partial charge on any atom is 0.286 e. The number of nitriles is 1. The zero-order valence-electron chi connectivity index (χ0n) is 17.1. The van der Waals surface area contributed by atoms with Crippen LogP contribution in [0, 0.1) is 11.5 Å². The molecule has 0 bridgehead atoms. The Kier molecular flexibility index (Phi) is 14.3. The quantitative estimate of drug-likeness (QED) is 0.297. The average Bonchev–Trinajstić information content (AvgIpc) is 2.62. The van der Waals surface area contributed by atoms with Crippen LogP contribution in [0.5, 0.6) is 0 Å². The highest BCUT2D eigenvalue weighted by atomic mass is 32.2. The van der Waals surface area contributed by atoms with Crippen LogP contribution in [0.4, 0.5) is 17.6 Å². The third-order valence-electron chi connectivity index (χ3n) is 3.43. The van der Waals surface area contributed by atoms with Crippen molar-refractivity contribution in [2.45, 2.75) is 44.6 Å². The minimum absolute atomic E-state index is 0. The second-order valence-electron chi connectivity index (χ2n) is 6.25. The first-order chi connectivity index (χ1) is 13.5. The first-order valence-corrected chi connectivity index (χ1v) is 11.5. The summed E-state index contributed by atoms with van der Waals surface area (Å²) in [4.78, 5) is 7.40. The summed E-state index contributed by atoms with van der Waals surface area (Å²) in [7, 11) is -0.412. The molecule has 169 valence electrons. The molecule has 3 radical (unpaired) electrons. The lowest BCUT2D eigenvalue weighted by Gasteiger charge is -2.09. The molecule has 2 rings (SSSR count). The number of alkyl halides is 4. The van der Waals surface area contributed by atoms with Gasteiger partial charge >= 0.3 is 0 Å². The van der Waals surface area contributed by atoms with E-state index in [1.165, 1.54) is 24.5 Å². The van der Waals surface area contributed by atoms with Crippen molar-refractivity contribution in [3.8, 4) is 6.19 Å². The van der Waals surface area contributed by atoms with Gasteiger partial charge in [0.25, 0.3) is 11.8 Å². The molecule has 1 atom stereocenters. The van der Waals surface area contributed by atoms with E-state index in [-0.39, 0.29) is 27.2 Å². The molecule has 0 amide bonds. The van der Waals surface area contributed by atoms with Gasteiger partial charge in [-0.2, -0.15) is 38.9 Å². The van der Waals surface area contributed by atoms with E-state index in [9.17, 15) is 17.6 Å². The van der Waals surface area contributed by atoms with Gasteiger partial charge in [-0.25, -0.2) is 0 Å². The van der Waals surface area contributed by atoms with Crippen LogP contribution in [0.2, 0.25) is 0 Å². The molecule has 0 aliphatic rings. The Morgan fingerprint density at radius 2 is 1.45 bits per heavy atom. The maximum atomic E-state index is 12.8. The molecule has 1 unspecified atom stereocenters. The minimum Gasteiger partial charge on any atom is -0.255 e. The molecular weight excluding hydrogens is 447 g/mol. The van der Waals surface area contributed by atoms with Gasteiger partial charge in [-0.05, 0) is 35.8 Å². The number of halogens is 4. The second-order valence-corrected chi connectivity index (χ2v) is 8.79. The summed E-state index contributed by atoms with van der Waals surface area (Å²) in [6, 6.07) is 5.97. The lowest BCUT2D eigenvalue weighted by atomic mass is 10.2. The molecule has 0 aromatic carbocycles. The van der Waals surface area contributed by atoms with E-state index in [0.717, 1.165) is 30.7 Å². The Bertz CT molecular complexity index is 844. The predicted molar refractivity (Wildman–Crippen MR) is 122 cm³/mol. The van der Waals surface area contributed by atoms with Crippen LogP contribution in [-0.2, 0) is 34.0 Å². The molecule has 2 aromatic rings. The third kappa shape index (κ3) is 11.9. The van der Waals surface area contributed by atoms with E-state index in [2.05, 4.69) is 14.3 Å². The van der Waals surface area contributed by atoms with Gasteiger partial charge in [0.2, 0.25) is 6.19 Å². The fourth-order valence-electron chi connectivity index (χ4n) is 2.05. The van der Waals surface area contributed by atoms with Gasteiger partial charge in [-0.1, -0.05) is 30.3 Å². The molecule has 11 heteroatoms. The Morgan fingerprint density at radius 1 is 1.00 bits per heavy atom. The van der Waals surface area contributed by atoms with Crippen LogP contribution in [-0.4, -0.2) is 30.9 Å². The highest BCUT2D eigenvalue weighted by Crippen LogP contribution is 2.25. The van der Waals surface area contributed by atoms with Crippen molar-refractivity contribution >= 4 is 30.9 Å². The summed E-state index contributed by atoms with van der Waals surface area (Å²) in [5.74, 6) is -4.39. The van der Waals surface area contributed by atoms with Crippen molar-refractivity contribution in [2.24, 2.45) is 4.36 Å². The molecule has 0 aliphatic carbocycles. The van der Waals surface area contributed by atoms with Crippen molar-refractivity contribution in [3.05, 3.63) is 59.2 Å². The van der Waals surface area contributed by atoms with Crippen LogP contribution in [0.25, 0.3) is 0 Å². The van der Waals surface area contributed by atoms with Crippen molar-refractivity contribution < 1.29 is 17.6 Å². The Labute approximate surface area is 190 Å². The van der Waals surface area contributed by atoms with Crippen LogP contribution in [0.1, 0.15) is 43.8 Å². The van der Waals surface area contributed by atoms with E-state index in [1.807, 2.05) is 12.5 Å². The van der Waals surface area contributed by atoms with E-state index in [4.69, 9.17) is 5.26 Å². The lowest BCUT2D eigenvalue weighted by Crippen LogP contribution is -2.09. The molecule has 0 fully saturated rings. The summed E-state index contributed by atoms with van der Waals surface area (Å²) in [5.41, 5.74) is 1.36. The molecule has 2 aromatic heterocycles. The average molecular weight is 473 g/mol. The molecule has 0 N–H and O–H groups in total. The number of hydrogen-bond acceptors (Lipinski definition) is 5. The maximum absolute atomic E-state index is 12.8. The molecule has 0 saturated heterocycles. The van der Waals surface area contributed by atoms with E-state index in [1.54, 1.807) is 30.1 Å². The predicted octanol–water partition coefficient (Wildman–Crippen LogP) is 5.92. The molecule has 4 nitrogen and oxygen atoms in total. The van der Waals surface area contributed by atoms with Gasteiger partial charge in [0.15, 0.2) is 0 Å². The van der Waals surface area contributed by atoms with Gasteiger partial charge in [0, 0.05) is 46.2 Å². The largest absolute Gasteiger partial charge is 0.286 e. The number of thioether (sulfide) groups is 1. The molecule has 0 saturated carbocycles. The molecule has 0 spiro atoms. The molecule has 31 heavy (non-hydrogen) atoms. The van der Waals surface area contributed by atoms with Gasteiger partial charge in [0.1, 0.15) is 11.4 Å². The van der Waals surface area contributed by atoms with E-state index in [0.29, 0.717) is 5.75 Å². The first kappa shape index (κ1) is 31.3. The summed E-state index contributed by atoms with van der Waals surface area (Å²) in [6.45, 7) is 1.66. The van der Waals surface area contributed by atoms with E-state index < -0.39 is 22.5 Å². The monoisotopic (exact) mass is 473 g/mol. The Morgan fingerprint density at radius 3 is 1.77 bits per heavy atom. The number of hydrogen-bond donors (Lipinski definition) is 0. The lowest BCUT2D eigenvalue weighted by molar-refractivity contribution is 0.0121. The van der Waals surface area contributed by atoms with Crippen LogP contribution >= 0.6 is 11.8 Å². The van der Waals surface area contributed by atoms with Crippen LogP contribution in [0.3, 0.4) is 0 Å². The van der Waals surface area contributed by atoms with Crippen LogP contribution in [0.15, 0.2) is 41.0 Å². The van der Waals surface area contributed by atoms with Gasteiger partial charge in [0.05, 0.1) is 0 Å². The number of nitrogens with zero attached hydrogens (tertiary/aromatic N) is 4. The topological polar surface area (TPSA) is 61.9 Å². The molecule has 0 aliphatic heterocycles. The van der Waals surface area contributed by atoms with E-state index >= 15 is 0 Å². The Balaban J connectivity index is 0. The standard InChI is InChI=1S/C10H11F2N3S.C9H11F2NS.CH4.B/c1-10(11,12)9-4-3-8(5-14-9)6-16(2)15-7-13;1-9(10,11)8-4-3-7(5-12-8)6-13-2;;/h3-5H,6H2,1-2H3;3-5H,6H2,1-2H3;1H4;. The Hall–Kier alpha value is -1.93. The molecule has 2 heterocycles. The number of aromatic nitrogens is 2. The first-order valence-electron chi connectivity index (χ1n) is 8.35. The van der Waals surface area contributed by atoms with Crippen molar-refractivity contribution in [3.63, 3.8) is 0 Å². The smallest absolute Gasteiger partial charge is 0.255 e. The molecular formula is C20H26BF4N4S2. The van der Waals surface area contributed by atoms with Gasteiger partial charge in [-0.3, -0.25) is 9.97 Å². The van der Waals surface area contributed by atoms with Crippen LogP contribution < -0.4 is 0 Å². The zero-order valence-corrected chi connectivity index (χ0v) is 18.7. The highest BCUT2D eigenvalue weighted by molar-refractivity contribution is 7.97. The fourth-order valence-corrected chi connectivity index (χ4v) is 3.41. The second kappa shape index (κ2) is 14.2. The van der Waals surface area contributed by atoms with Crippen molar-refractivity contribution in [1.82, 2.24) is 9.97 Å². The normalized spacial score (nSPS) is 11.8. The summed E-state index contributed by atoms with van der Waals surface area (Å²) < 4.78 is 54.8. The minimum atomic E-state index is -2.91. The zero-order chi connectivity index (χ0) is 22.1. The highest BCUT2D eigenvalue weighted by Gasteiger charge is 2.26. The summed E-state index contributed by atoms with van der Waals surface area (Å²) in [5, 5.41) is 8.34. The fraction of sp³-hybridized carbons (Fsp3) is 0.450. The van der Waals surface area contributed by atoms with Gasteiger partial charge in [-0.15, -0.1) is 0 Å². The summed E-state index contributed by atoms with van der Waals surface area (Å²) in [6.07, 6.45) is 8.40. The van der Waals surface area contributed by atoms with Gasteiger partial charge < -0.3 is 0 Å². The van der Waals surface area contributed by atoms with Crippen molar-refractivity contribution in [1.29, 1.82) is 5.26 Å². The SMILES string of the molecule is C.CS(Cc1ccc(C(C)(F)F)nc1)=NC#N.CSCc1ccc(C(C)(F)F)nc1.[B]. The summed E-state index contributed by atoms with van der Waals surface area (Å²) >= 11 is 1.64. The van der Waals surface area contributed by atoms with Crippen molar-refractivity contribution in [2.75, 3.05) is 12.5 Å². The third-order valence-corrected chi connectivity index (χ3v) is 5.20. The number of rotatable bonds is 6.